The minimum absolute atomic E-state index is 0. The molecular formula is C20H37IN4O. The fraction of sp³-hybridized carbons (Fsp3) is 0.950. The Morgan fingerprint density at radius 1 is 1.23 bits per heavy atom. The van der Waals surface area contributed by atoms with E-state index in [0.717, 1.165) is 25.2 Å². The zero-order chi connectivity index (χ0) is 17.6. The van der Waals surface area contributed by atoms with Crippen molar-refractivity contribution in [1.82, 2.24) is 15.5 Å². The standard InChI is InChI=1S/C20H36N4O.HI/c1-5-21-19(22-14-11-13(2)24(12-14)15-8-9-15)23-17-16-7-6-10-25-18(16)20(17,3)4;/h13-18H,5-12H2,1-4H3,(H2,21,22,23);1H. The molecule has 2 saturated carbocycles. The molecule has 6 heteroatoms. The fourth-order valence-corrected chi connectivity index (χ4v) is 5.52. The second kappa shape index (κ2) is 8.11. The summed E-state index contributed by atoms with van der Waals surface area (Å²) >= 11 is 0. The van der Waals surface area contributed by atoms with E-state index < -0.39 is 0 Å². The van der Waals surface area contributed by atoms with E-state index in [1.165, 1.54) is 38.6 Å². The number of aliphatic imine (C=N–C) groups is 1. The van der Waals surface area contributed by atoms with Gasteiger partial charge in [-0.2, -0.15) is 0 Å². The highest BCUT2D eigenvalue weighted by Crippen LogP contribution is 2.51. The molecule has 2 heterocycles. The highest BCUT2D eigenvalue weighted by molar-refractivity contribution is 14.0. The summed E-state index contributed by atoms with van der Waals surface area (Å²) in [5.41, 5.74) is 0.185. The van der Waals surface area contributed by atoms with Crippen LogP contribution in [0.4, 0.5) is 0 Å². The van der Waals surface area contributed by atoms with E-state index in [4.69, 9.17) is 9.73 Å². The molecule has 0 aromatic rings. The Labute approximate surface area is 176 Å². The molecule has 5 unspecified atom stereocenters. The SMILES string of the molecule is CCN=C(NC1CC(C)N(C2CC2)C1)NC1C2CCCOC2C1(C)C.I. The Morgan fingerprint density at radius 2 is 2.00 bits per heavy atom. The summed E-state index contributed by atoms with van der Waals surface area (Å²) in [7, 11) is 0. The van der Waals surface area contributed by atoms with Crippen molar-refractivity contribution in [3.05, 3.63) is 0 Å². The van der Waals surface area contributed by atoms with Crippen molar-refractivity contribution in [1.29, 1.82) is 0 Å². The van der Waals surface area contributed by atoms with Crippen molar-refractivity contribution < 1.29 is 4.74 Å². The first-order valence-electron chi connectivity index (χ1n) is 10.5. The topological polar surface area (TPSA) is 48.9 Å². The van der Waals surface area contributed by atoms with E-state index in [1.807, 2.05) is 0 Å². The number of fused-ring (bicyclic) bond motifs is 1. The number of guanidine groups is 1. The summed E-state index contributed by atoms with van der Waals surface area (Å²) < 4.78 is 6.05. The van der Waals surface area contributed by atoms with Gasteiger partial charge in [-0.3, -0.25) is 9.89 Å². The molecule has 0 bridgehead atoms. The minimum atomic E-state index is 0. The Hall–Kier alpha value is -0.0800. The Morgan fingerprint density at radius 3 is 2.69 bits per heavy atom. The first-order valence-corrected chi connectivity index (χ1v) is 10.5. The monoisotopic (exact) mass is 476 g/mol. The summed E-state index contributed by atoms with van der Waals surface area (Å²) in [6.07, 6.45) is 6.90. The molecule has 4 fully saturated rings. The molecule has 4 aliphatic rings. The lowest BCUT2D eigenvalue weighted by atomic mass is 9.55. The second-order valence-corrected chi connectivity index (χ2v) is 9.22. The molecule has 150 valence electrons. The maximum absolute atomic E-state index is 6.05. The van der Waals surface area contributed by atoms with Crippen molar-refractivity contribution in [2.24, 2.45) is 16.3 Å². The minimum Gasteiger partial charge on any atom is -0.377 e. The molecule has 0 spiro atoms. The second-order valence-electron chi connectivity index (χ2n) is 9.22. The molecule has 2 saturated heterocycles. The maximum atomic E-state index is 6.05. The van der Waals surface area contributed by atoms with Gasteiger partial charge in [-0.05, 0) is 46.0 Å². The van der Waals surface area contributed by atoms with Gasteiger partial charge in [-0.15, -0.1) is 24.0 Å². The van der Waals surface area contributed by atoms with Crippen molar-refractivity contribution in [3.63, 3.8) is 0 Å². The number of rotatable bonds is 4. The molecular weight excluding hydrogens is 439 g/mol. The first kappa shape index (κ1) is 20.6. The van der Waals surface area contributed by atoms with Crippen LogP contribution < -0.4 is 10.6 Å². The third-order valence-corrected chi connectivity index (χ3v) is 6.92. The average molecular weight is 476 g/mol. The van der Waals surface area contributed by atoms with Crippen LogP contribution in [0.2, 0.25) is 0 Å². The number of halogens is 1. The van der Waals surface area contributed by atoms with E-state index >= 15 is 0 Å². The summed E-state index contributed by atoms with van der Waals surface area (Å²) in [5, 5.41) is 7.53. The van der Waals surface area contributed by atoms with Crippen LogP contribution in [0.5, 0.6) is 0 Å². The number of likely N-dealkylation sites (tertiary alicyclic amines) is 1. The van der Waals surface area contributed by atoms with E-state index in [2.05, 4.69) is 43.2 Å². The van der Waals surface area contributed by atoms with Crippen LogP contribution in [-0.2, 0) is 4.74 Å². The number of nitrogens with one attached hydrogen (secondary N) is 2. The molecule has 0 amide bonds. The molecule has 0 aromatic heterocycles. The fourth-order valence-electron chi connectivity index (χ4n) is 5.52. The predicted molar refractivity (Wildman–Crippen MR) is 117 cm³/mol. The van der Waals surface area contributed by atoms with Gasteiger partial charge in [0.25, 0.3) is 0 Å². The summed E-state index contributed by atoms with van der Waals surface area (Å²) in [6.45, 7) is 12.1. The van der Waals surface area contributed by atoms with E-state index in [-0.39, 0.29) is 29.4 Å². The number of ether oxygens (including phenoxy) is 1. The molecule has 26 heavy (non-hydrogen) atoms. The van der Waals surface area contributed by atoms with Gasteiger partial charge in [0.15, 0.2) is 5.96 Å². The highest BCUT2D eigenvalue weighted by atomic mass is 127. The molecule has 5 nitrogen and oxygen atoms in total. The van der Waals surface area contributed by atoms with Gasteiger partial charge in [0.1, 0.15) is 0 Å². The van der Waals surface area contributed by atoms with Crippen LogP contribution in [0.15, 0.2) is 4.99 Å². The van der Waals surface area contributed by atoms with Crippen LogP contribution in [0, 0.1) is 11.3 Å². The lowest BCUT2D eigenvalue weighted by Gasteiger charge is -2.60. The maximum Gasteiger partial charge on any atom is 0.191 e. The van der Waals surface area contributed by atoms with Crippen LogP contribution in [0.3, 0.4) is 0 Å². The third kappa shape index (κ3) is 3.88. The smallest absolute Gasteiger partial charge is 0.191 e. The molecule has 5 atom stereocenters. The number of hydrogen-bond acceptors (Lipinski definition) is 3. The quantitative estimate of drug-likeness (QED) is 0.372. The van der Waals surface area contributed by atoms with Crippen molar-refractivity contribution >= 4 is 29.9 Å². The molecule has 0 radical (unpaired) electrons. The first-order chi connectivity index (χ1) is 12.0. The Kier molecular flexibility index (Phi) is 6.44. The van der Waals surface area contributed by atoms with Gasteiger partial charge in [0.05, 0.1) is 6.10 Å². The molecule has 2 N–H and O–H groups in total. The van der Waals surface area contributed by atoms with Gasteiger partial charge in [-0.1, -0.05) is 13.8 Å². The van der Waals surface area contributed by atoms with Crippen LogP contribution in [0.25, 0.3) is 0 Å². The predicted octanol–water partition coefficient (Wildman–Crippen LogP) is 2.99. The van der Waals surface area contributed by atoms with Gasteiger partial charge in [-0.25, -0.2) is 0 Å². The molecule has 2 aliphatic carbocycles. The van der Waals surface area contributed by atoms with Gasteiger partial charge < -0.3 is 15.4 Å². The van der Waals surface area contributed by atoms with Crippen molar-refractivity contribution in [2.45, 2.75) is 90.1 Å². The van der Waals surface area contributed by atoms with E-state index in [0.29, 0.717) is 30.1 Å². The number of hydrogen-bond donors (Lipinski definition) is 2. The van der Waals surface area contributed by atoms with Gasteiger partial charge >= 0.3 is 0 Å². The summed E-state index contributed by atoms with van der Waals surface area (Å²) in [4.78, 5) is 7.45. The zero-order valence-corrected chi connectivity index (χ0v) is 19.2. The Bertz CT molecular complexity index is 522. The summed E-state index contributed by atoms with van der Waals surface area (Å²) in [6, 6.07) is 2.54. The largest absolute Gasteiger partial charge is 0.377 e. The van der Waals surface area contributed by atoms with Crippen LogP contribution in [-0.4, -0.2) is 60.8 Å². The average Bonchev–Trinajstić information content (AvgIpc) is 3.36. The van der Waals surface area contributed by atoms with E-state index in [9.17, 15) is 0 Å². The van der Waals surface area contributed by atoms with Crippen molar-refractivity contribution in [2.75, 3.05) is 19.7 Å². The molecule has 0 aromatic carbocycles. The third-order valence-electron chi connectivity index (χ3n) is 6.92. The highest BCUT2D eigenvalue weighted by Gasteiger charge is 2.58. The normalized spacial score (nSPS) is 39.5. The van der Waals surface area contributed by atoms with Gasteiger partial charge in [0.2, 0.25) is 0 Å². The molecule has 2 aliphatic heterocycles. The molecule has 4 rings (SSSR count). The number of nitrogens with zero attached hydrogens (tertiary/aromatic N) is 2. The van der Waals surface area contributed by atoms with Crippen LogP contribution in [0.1, 0.15) is 59.8 Å². The van der Waals surface area contributed by atoms with E-state index in [1.54, 1.807) is 0 Å². The lowest BCUT2D eigenvalue weighted by Crippen LogP contribution is -2.71. The van der Waals surface area contributed by atoms with Crippen LogP contribution >= 0.6 is 24.0 Å². The zero-order valence-electron chi connectivity index (χ0n) is 16.8. The lowest BCUT2D eigenvalue weighted by molar-refractivity contribution is -0.188. The Balaban J connectivity index is 0.00000196. The van der Waals surface area contributed by atoms with Gasteiger partial charge in [0, 0.05) is 55.2 Å². The van der Waals surface area contributed by atoms with Crippen molar-refractivity contribution in [3.8, 4) is 0 Å². The summed E-state index contributed by atoms with van der Waals surface area (Å²) in [5.74, 6) is 1.65.